The summed E-state index contributed by atoms with van der Waals surface area (Å²) in [5.74, 6) is -0.0130. The third-order valence-corrected chi connectivity index (χ3v) is 5.17. The molecule has 0 atom stereocenters. The lowest BCUT2D eigenvalue weighted by molar-refractivity contribution is -0.122. The Bertz CT molecular complexity index is 924. The van der Waals surface area contributed by atoms with Crippen LogP contribution in [0.15, 0.2) is 64.5 Å². The van der Waals surface area contributed by atoms with Crippen LogP contribution in [-0.2, 0) is 9.59 Å². The summed E-state index contributed by atoms with van der Waals surface area (Å²) < 4.78 is 5.26. The molecule has 0 aromatic heterocycles. The third kappa shape index (κ3) is 5.71. The number of rotatable bonds is 8. The number of para-hydroxylation sites is 1. The summed E-state index contributed by atoms with van der Waals surface area (Å²) >= 11 is 1.38. The molecule has 2 N–H and O–H groups in total. The molecular formula is C22H23N3O3S. The average Bonchev–Trinajstić information content (AvgIpc) is 3.01. The zero-order chi connectivity index (χ0) is 20.6. The highest BCUT2D eigenvalue weighted by atomic mass is 32.2. The van der Waals surface area contributed by atoms with E-state index in [1.165, 1.54) is 11.8 Å². The summed E-state index contributed by atoms with van der Waals surface area (Å²) in [6.45, 7) is 2.58. The fraction of sp³-hybridized carbons (Fsp3) is 0.227. The maximum atomic E-state index is 12.9. The zero-order valence-corrected chi connectivity index (χ0v) is 17.0. The first-order chi connectivity index (χ1) is 14.1. The van der Waals surface area contributed by atoms with E-state index in [9.17, 15) is 9.59 Å². The van der Waals surface area contributed by atoms with Gasteiger partial charge in [-0.25, -0.2) is 4.99 Å². The first-order valence-corrected chi connectivity index (χ1v) is 10.2. The van der Waals surface area contributed by atoms with Gasteiger partial charge in [-0.15, -0.1) is 0 Å². The molecule has 0 bridgehead atoms. The number of nitrogens with zero attached hydrogens (tertiary/aromatic N) is 2. The number of aliphatic imine (C=N–C) groups is 1. The van der Waals surface area contributed by atoms with Gasteiger partial charge >= 0.3 is 0 Å². The number of carbonyl (C=O) groups is 2. The average molecular weight is 410 g/mol. The van der Waals surface area contributed by atoms with Crippen molar-refractivity contribution in [2.45, 2.75) is 19.8 Å². The second-order valence-corrected chi connectivity index (χ2v) is 7.48. The predicted octanol–water partition coefficient (Wildman–Crippen LogP) is 3.95. The highest BCUT2D eigenvalue weighted by Crippen LogP contribution is 2.34. The summed E-state index contributed by atoms with van der Waals surface area (Å²) in [5.41, 5.74) is 6.77. The number of carbonyl (C=O) groups excluding carboxylic acids is 2. The molecule has 2 amide bonds. The Morgan fingerprint density at radius 1 is 1.17 bits per heavy atom. The van der Waals surface area contributed by atoms with Gasteiger partial charge in [0.25, 0.3) is 11.8 Å². The van der Waals surface area contributed by atoms with Crippen molar-refractivity contribution in [2.75, 3.05) is 13.2 Å². The molecule has 1 aliphatic heterocycles. The Hall–Kier alpha value is -3.06. The van der Waals surface area contributed by atoms with Crippen LogP contribution in [0, 0.1) is 0 Å². The molecule has 150 valence electrons. The molecule has 2 aromatic rings. The maximum Gasteiger partial charge on any atom is 0.266 e. The molecular weight excluding hydrogens is 386 g/mol. The zero-order valence-electron chi connectivity index (χ0n) is 16.2. The lowest BCUT2D eigenvalue weighted by atomic mass is 10.2. The van der Waals surface area contributed by atoms with E-state index >= 15 is 0 Å². The van der Waals surface area contributed by atoms with Crippen molar-refractivity contribution in [3.05, 3.63) is 65.1 Å². The number of ether oxygens (including phenoxy) is 1. The summed E-state index contributed by atoms with van der Waals surface area (Å²) in [5, 5.41) is 0.697. The smallest absolute Gasteiger partial charge is 0.266 e. The fourth-order valence-electron chi connectivity index (χ4n) is 2.68. The van der Waals surface area contributed by atoms with E-state index in [1.807, 2.05) is 48.5 Å². The molecule has 0 radical (unpaired) electrons. The summed E-state index contributed by atoms with van der Waals surface area (Å²) in [4.78, 5) is 30.8. The number of nitrogens with two attached hydrogens (primary N) is 1. The fourth-order valence-corrected chi connectivity index (χ4v) is 3.71. The second kappa shape index (κ2) is 9.93. The van der Waals surface area contributed by atoms with Gasteiger partial charge in [0.15, 0.2) is 11.8 Å². The van der Waals surface area contributed by atoms with E-state index in [4.69, 9.17) is 10.5 Å². The van der Waals surface area contributed by atoms with Gasteiger partial charge in [0.1, 0.15) is 5.75 Å². The van der Waals surface area contributed by atoms with Crippen LogP contribution in [0.25, 0.3) is 6.08 Å². The summed E-state index contributed by atoms with van der Waals surface area (Å²) in [7, 11) is 0. The van der Waals surface area contributed by atoms with Crippen molar-refractivity contribution < 1.29 is 14.3 Å². The number of hydrogen-bond acceptors (Lipinski definition) is 5. The van der Waals surface area contributed by atoms with Crippen LogP contribution in [-0.4, -0.2) is 35.0 Å². The highest BCUT2D eigenvalue weighted by molar-refractivity contribution is 8.18. The van der Waals surface area contributed by atoms with Gasteiger partial charge < -0.3 is 10.5 Å². The van der Waals surface area contributed by atoms with Gasteiger partial charge in [-0.05, 0) is 54.1 Å². The maximum absolute atomic E-state index is 12.9. The molecule has 29 heavy (non-hydrogen) atoms. The van der Waals surface area contributed by atoms with Crippen LogP contribution in [0.1, 0.15) is 25.3 Å². The third-order valence-electron chi connectivity index (χ3n) is 4.16. The van der Waals surface area contributed by atoms with Crippen LogP contribution in [0.3, 0.4) is 0 Å². The van der Waals surface area contributed by atoms with E-state index in [-0.39, 0.29) is 12.5 Å². The van der Waals surface area contributed by atoms with Gasteiger partial charge in [-0.1, -0.05) is 43.7 Å². The number of hydrogen-bond donors (Lipinski definition) is 1. The molecule has 7 heteroatoms. The largest absolute Gasteiger partial charge is 0.484 e. The number of benzene rings is 2. The molecule has 0 aliphatic carbocycles. The van der Waals surface area contributed by atoms with Crippen molar-refractivity contribution in [1.82, 2.24) is 4.90 Å². The van der Waals surface area contributed by atoms with E-state index in [1.54, 1.807) is 17.0 Å². The van der Waals surface area contributed by atoms with Crippen LogP contribution in [0.5, 0.6) is 5.75 Å². The van der Waals surface area contributed by atoms with E-state index in [2.05, 4.69) is 11.9 Å². The summed E-state index contributed by atoms with van der Waals surface area (Å²) in [6.07, 6.45) is 3.76. The number of primary amides is 1. The van der Waals surface area contributed by atoms with Gasteiger partial charge in [0, 0.05) is 6.54 Å². The van der Waals surface area contributed by atoms with Gasteiger partial charge in [-0.3, -0.25) is 14.5 Å². The standard InChI is InChI=1S/C22H23N3O3S/c1-2-3-13-25-21(27)19(29-22(25)24-17-7-5-4-6-8-17)14-16-9-11-18(12-10-16)28-15-20(23)26/h4-12,14H,2-3,13,15H2,1H3,(H2,23,26)/b19-14-,24-22?. The van der Waals surface area contributed by atoms with Crippen LogP contribution < -0.4 is 10.5 Å². The minimum absolute atomic E-state index is 0.0350. The first-order valence-electron chi connectivity index (χ1n) is 9.43. The molecule has 2 aromatic carbocycles. The molecule has 1 fully saturated rings. The topological polar surface area (TPSA) is 85.0 Å². The van der Waals surface area contributed by atoms with Crippen molar-refractivity contribution in [3.63, 3.8) is 0 Å². The molecule has 0 unspecified atom stereocenters. The number of amidine groups is 1. The summed E-state index contributed by atoms with van der Waals surface area (Å²) in [6, 6.07) is 16.8. The molecule has 0 saturated carbocycles. The van der Waals surface area contributed by atoms with Crippen LogP contribution in [0.4, 0.5) is 5.69 Å². The van der Waals surface area contributed by atoms with Gasteiger partial charge in [0.05, 0.1) is 10.6 Å². The Morgan fingerprint density at radius 2 is 1.90 bits per heavy atom. The molecule has 1 heterocycles. The quantitative estimate of drug-likeness (QED) is 0.669. The molecule has 1 saturated heterocycles. The van der Waals surface area contributed by atoms with Gasteiger partial charge in [-0.2, -0.15) is 0 Å². The lowest BCUT2D eigenvalue weighted by Gasteiger charge is -2.14. The number of thioether (sulfide) groups is 1. The Balaban J connectivity index is 1.80. The Kier molecular flexibility index (Phi) is 7.08. The van der Waals surface area contributed by atoms with Crippen molar-refractivity contribution >= 4 is 40.5 Å². The van der Waals surface area contributed by atoms with Crippen LogP contribution >= 0.6 is 11.8 Å². The number of unbranched alkanes of at least 4 members (excludes halogenated alkanes) is 1. The molecule has 3 rings (SSSR count). The molecule has 1 aliphatic rings. The normalized spacial score (nSPS) is 16.6. The van der Waals surface area contributed by atoms with E-state index in [0.29, 0.717) is 22.4 Å². The van der Waals surface area contributed by atoms with Crippen molar-refractivity contribution in [1.29, 1.82) is 0 Å². The molecule has 6 nitrogen and oxygen atoms in total. The lowest BCUT2D eigenvalue weighted by Crippen LogP contribution is -2.30. The highest BCUT2D eigenvalue weighted by Gasteiger charge is 2.32. The second-order valence-electron chi connectivity index (χ2n) is 6.47. The first kappa shape index (κ1) is 20.7. The van der Waals surface area contributed by atoms with E-state index in [0.717, 1.165) is 24.1 Å². The van der Waals surface area contributed by atoms with Crippen LogP contribution in [0.2, 0.25) is 0 Å². The monoisotopic (exact) mass is 409 g/mol. The Morgan fingerprint density at radius 3 is 2.55 bits per heavy atom. The van der Waals surface area contributed by atoms with Gasteiger partial charge in [0.2, 0.25) is 0 Å². The SMILES string of the molecule is CCCCN1C(=O)/C(=C/c2ccc(OCC(N)=O)cc2)SC1=Nc1ccccc1. The molecule has 0 spiro atoms. The predicted molar refractivity (Wildman–Crippen MR) is 117 cm³/mol. The van der Waals surface area contributed by atoms with E-state index < -0.39 is 5.91 Å². The minimum atomic E-state index is -0.526. The minimum Gasteiger partial charge on any atom is -0.484 e. The van der Waals surface area contributed by atoms with Crippen molar-refractivity contribution in [3.8, 4) is 5.75 Å². The number of amides is 2. The Labute approximate surface area is 174 Å². The van der Waals surface area contributed by atoms with Crippen molar-refractivity contribution in [2.24, 2.45) is 10.7 Å².